The molecule has 0 aromatic heterocycles. The van der Waals surface area contributed by atoms with Gasteiger partial charge in [0.05, 0.1) is 5.92 Å². The van der Waals surface area contributed by atoms with Gasteiger partial charge in [-0.15, -0.1) is 0 Å². The summed E-state index contributed by atoms with van der Waals surface area (Å²) in [4.78, 5) is 21.5. The number of carboxylic acid groups (broad SMARTS) is 2. The van der Waals surface area contributed by atoms with Gasteiger partial charge in [0.25, 0.3) is 0 Å². The Morgan fingerprint density at radius 3 is 2.69 bits per heavy atom. The maximum atomic E-state index is 10.9. The standard InChI is InChI=1S/C11H17NO4/c1-12-11(6-4-9(13)14)5-2-3-8(7-11)10(15)16/h2,5,8,12H,3-4,6-7H2,1H3,(H,13,14)(H,15,16). The Balaban J connectivity index is 2.71. The van der Waals surface area contributed by atoms with Crippen LogP contribution in [-0.4, -0.2) is 34.7 Å². The summed E-state index contributed by atoms with van der Waals surface area (Å²) < 4.78 is 0. The molecule has 5 heteroatoms. The second-order valence-corrected chi connectivity index (χ2v) is 4.18. The van der Waals surface area contributed by atoms with Crippen molar-refractivity contribution in [2.75, 3.05) is 7.05 Å². The fraction of sp³-hybridized carbons (Fsp3) is 0.636. The highest BCUT2D eigenvalue weighted by atomic mass is 16.4. The first-order valence-corrected chi connectivity index (χ1v) is 5.30. The molecule has 0 bridgehead atoms. The molecule has 0 fully saturated rings. The number of hydrogen-bond acceptors (Lipinski definition) is 3. The molecule has 2 unspecified atom stereocenters. The smallest absolute Gasteiger partial charge is 0.306 e. The zero-order valence-electron chi connectivity index (χ0n) is 9.27. The lowest BCUT2D eigenvalue weighted by Crippen LogP contribution is -2.46. The van der Waals surface area contributed by atoms with Crippen LogP contribution in [0.25, 0.3) is 0 Å². The Bertz CT molecular complexity index is 313. The van der Waals surface area contributed by atoms with Crippen molar-refractivity contribution in [2.45, 2.75) is 31.2 Å². The highest BCUT2D eigenvalue weighted by Gasteiger charge is 2.34. The average molecular weight is 227 g/mol. The zero-order chi connectivity index (χ0) is 12.2. The summed E-state index contributed by atoms with van der Waals surface area (Å²) in [6.45, 7) is 0. The van der Waals surface area contributed by atoms with E-state index in [2.05, 4.69) is 5.32 Å². The number of carboxylic acids is 2. The fourth-order valence-electron chi connectivity index (χ4n) is 2.06. The third-order valence-corrected chi connectivity index (χ3v) is 3.10. The molecule has 0 spiro atoms. The molecule has 0 amide bonds. The number of nitrogens with one attached hydrogen (secondary N) is 1. The summed E-state index contributed by atoms with van der Waals surface area (Å²) in [5.41, 5.74) is -0.486. The van der Waals surface area contributed by atoms with Crippen LogP contribution in [0.4, 0.5) is 0 Å². The topological polar surface area (TPSA) is 86.6 Å². The van der Waals surface area contributed by atoms with Gasteiger partial charge in [-0.1, -0.05) is 12.2 Å². The molecule has 0 aromatic rings. The van der Waals surface area contributed by atoms with Crippen molar-refractivity contribution in [1.29, 1.82) is 0 Å². The van der Waals surface area contributed by atoms with E-state index in [1.54, 1.807) is 7.05 Å². The molecule has 90 valence electrons. The molecular formula is C11H17NO4. The minimum Gasteiger partial charge on any atom is -0.481 e. The van der Waals surface area contributed by atoms with Gasteiger partial charge in [0.1, 0.15) is 0 Å². The average Bonchev–Trinajstić information content (AvgIpc) is 2.26. The Morgan fingerprint density at radius 1 is 1.50 bits per heavy atom. The number of carbonyl (C=O) groups is 2. The summed E-state index contributed by atoms with van der Waals surface area (Å²) in [6, 6.07) is 0. The van der Waals surface area contributed by atoms with Crippen LogP contribution in [-0.2, 0) is 9.59 Å². The van der Waals surface area contributed by atoms with Crippen LogP contribution in [0.15, 0.2) is 12.2 Å². The number of likely N-dealkylation sites (N-methyl/N-ethyl adjacent to an activating group) is 1. The van der Waals surface area contributed by atoms with Crippen molar-refractivity contribution < 1.29 is 19.8 Å². The van der Waals surface area contributed by atoms with Gasteiger partial charge in [-0.05, 0) is 26.3 Å². The van der Waals surface area contributed by atoms with Gasteiger partial charge in [-0.2, -0.15) is 0 Å². The van der Waals surface area contributed by atoms with E-state index in [9.17, 15) is 9.59 Å². The minimum absolute atomic E-state index is 0.0392. The highest BCUT2D eigenvalue weighted by molar-refractivity contribution is 5.71. The molecule has 0 saturated carbocycles. The number of rotatable bonds is 5. The molecule has 2 atom stereocenters. The van der Waals surface area contributed by atoms with E-state index in [1.165, 1.54) is 0 Å². The largest absolute Gasteiger partial charge is 0.481 e. The fourth-order valence-corrected chi connectivity index (χ4v) is 2.06. The van der Waals surface area contributed by atoms with Crippen LogP contribution >= 0.6 is 0 Å². The first-order chi connectivity index (χ1) is 7.49. The normalized spacial score (nSPS) is 28.9. The van der Waals surface area contributed by atoms with E-state index in [0.29, 0.717) is 19.3 Å². The van der Waals surface area contributed by atoms with Crippen LogP contribution < -0.4 is 5.32 Å². The molecular weight excluding hydrogens is 210 g/mol. The first kappa shape index (κ1) is 12.7. The highest BCUT2D eigenvalue weighted by Crippen LogP contribution is 2.30. The third kappa shape index (κ3) is 3.06. The van der Waals surface area contributed by atoms with Gasteiger partial charge in [-0.25, -0.2) is 0 Å². The summed E-state index contributed by atoms with van der Waals surface area (Å²) in [7, 11) is 1.73. The maximum Gasteiger partial charge on any atom is 0.306 e. The molecule has 0 radical (unpaired) electrons. The molecule has 1 rings (SSSR count). The van der Waals surface area contributed by atoms with Crippen molar-refractivity contribution in [1.82, 2.24) is 5.32 Å². The number of allylic oxidation sites excluding steroid dienone is 1. The predicted molar refractivity (Wildman–Crippen MR) is 58.2 cm³/mol. The van der Waals surface area contributed by atoms with E-state index >= 15 is 0 Å². The quantitative estimate of drug-likeness (QED) is 0.606. The monoisotopic (exact) mass is 227 g/mol. The third-order valence-electron chi connectivity index (χ3n) is 3.10. The Kier molecular flexibility index (Phi) is 4.06. The van der Waals surface area contributed by atoms with Crippen molar-refractivity contribution in [2.24, 2.45) is 5.92 Å². The van der Waals surface area contributed by atoms with Gasteiger partial charge in [0.15, 0.2) is 0 Å². The summed E-state index contributed by atoms with van der Waals surface area (Å²) in [6.07, 6.45) is 5.14. The van der Waals surface area contributed by atoms with Gasteiger partial charge in [0.2, 0.25) is 0 Å². The lowest BCUT2D eigenvalue weighted by atomic mass is 9.78. The Labute approximate surface area is 94.2 Å². The molecule has 5 nitrogen and oxygen atoms in total. The summed E-state index contributed by atoms with van der Waals surface area (Å²) >= 11 is 0. The Morgan fingerprint density at radius 2 is 2.19 bits per heavy atom. The number of aliphatic carboxylic acids is 2. The van der Waals surface area contributed by atoms with Gasteiger partial charge in [-0.3, -0.25) is 9.59 Å². The van der Waals surface area contributed by atoms with E-state index in [1.807, 2.05) is 12.2 Å². The van der Waals surface area contributed by atoms with Gasteiger partial charge < -0.3 is 15.5 Å². The SMILES string of the molecule is CNC1(CCC(=O)O)C=CCC(C(=O)O)C1. The molecule has 0 aromatic carbocycles. The van der Waals surface area contributed by atoms with Crippen LogP contribution in [0.5, 0.6) is 0 Å². The Hall–Kier alpha value is -1.36. The second kappa shape index (κ2) is 5.12. The van der Waals surface area contributed by atoms with E-state index < -0.39 is 23.4 Å². The number of hydrogen-bond donors (Lipinski definition) is 3. The van der Waals surface area contributed by atoms with E-state index in [-0.39, 0.29) is 6.42 Å². The minimum atomic E-state index is -0.861. The van der Waals surface area contributed by atoms with Gasteiger partial charge in [0, 0.05) is 12.0 Å². The lowest BCUT2D eigenvalue weighted by Gasteiger charge is -2.35. The molecule has 0 aliphatic heterocycles. The van der Waals surface area contributed by atoms with Crippen LogP contribution in [0.2, 0.25) is 0 Å². The zero-order valence-corrected chi connectivity index (χ0v) is 9.27. The molecule has 0 heterocycles. The molecule has 3 N–H and O–H groups in total. The second-order valence-electron chi connectivity index (χ2n) is 4.18. The summed E-state index contributed by atoms with van der Waals surface area (Å²) in [5.74, 6) is -2.11. The van der Waals surface area contributed by atoms with Crippen molar-refractivity contribution in [3.8, 4) is 0 Å². The molecule has 16 heavy (non-hydrogen) atoms. The first-order valence-electron chi connectivity index (χ1n) is 5.30. The molecule has 1 aliphatic carbocycles. The van der Waals surface area contributed by atoms with Crippen molar-refractivity contribution >= 4 is 11.9 Å². The van der Waals surface area contributed by atoms with Crippen molar-refractivity contribution in [3.05, 3.63) is 12.2 Å². The lowest BCUT2D eigenvalue weighted by molar-refractivity contribution is -0.142. The van der Waals surface area contributed by atoms with E-state index in [4.69, 9.17) is 10.2 Å². The van der Waals surface area contributed by atoms with Crippen LogP contribution in [0, 0.1) is 5.92 Å². The molecule has 1 aliphatic rings. The van der Waals surface area contributed by atoms with E-state index in [0.717, 1.165) is 0 Å². The predicted octanol–water partition coefficient (Wildman–Crippen LogP) is 0.860. The maximum absolute atomic E-state index is 10.9. The van der Waals surface area contributed by atoms with Crippen molar-refractivity contribution in [3.63, 3.8) is 0 Å². The summed E-state index contributed by atoms with van der Waals surface area (Å²) in [5, 5.41) is 20.7. The van der Waals surface area contributed by atoms with Crippen LogP contribution in [0.1, 0.15) is 25.7 Å². The van der Waals surface area contributed by atoms with Gasteiger partial charge >= 0.3 is 11.9 Å². The van der Waals surface area contributed by atoms with Crippen LogP contribution in [0.3, 0.4) is 0 Å². The molecule has 0 saturated heterocycles.